The molecule has 6 heteroatoms. The van der Waals surface area contributed by atoms with E-state index in [-0.39, 0.29) is 6.61 Å². The Morgan fingerprint density at radius 1 is 1.43 bits per heavy atom. The molecule has 0 aliphatic carbocycles. The van der Waals surface area contributed by atoms with E-state index in [2.05, 4.69) is 0 Å². The van der Waals surface area contributed by atoms with E-state index in [4.69, 9.17) is 14.2 Å². The van der Waals surface area contributed by atoms with Crippen molar-refractivity contribution in [3.8, 4) is 0 Å². The van der Waals surface area contributed by atoms with Crippen LogP contribution in [0.2, 0.25) is 0 Å². The third-order valence-corrected chi connectivity index (χ3v) is 2.38. The molecule has 0 radical (unpaired) electrons. The molecule has 2 aliphatic rings. The van der Waals surface area contributed by atoms with Gasteiger partial charge in [-0.1, -0.05) is 0 Å². The molecule has 2 aliphatic heterocycles. The van der Waals surface area contributed by atoms with Crippen molar-refractivity contribution in [3.63, 3.8) is 0 Å². The molecule has 0 aromatic rings. The summed E-state index contributed by atoms with van der Waals surface area (Å²) in [6, 6.07) is 0. The normalized spacial score (nSPS) is 48.2. The van der Waals surface area contributed by atoms with Crippen molar-refractivity contribution in [2.45, 2.75) is 37.6 Å². The van der Waals surface area contributed by atoms with Gasteiger partial charge in [-0.05, 0) is 6.92 Å². The van der Waals surface area contributed by atoms with Crippen molar-refractivity contribution in [3.05, 3.63) is 0 Å². The van der Waals surface area contributed by atoms with Gasteiger partial charge in [0, 0.05) is 0 Å². The van der Waals surface area contributed by atoms with Crippen LogP contribution in [0.15, 0.2) is 0 Å². The van der Waals surface area contributed by atoms with Crippen molar-refractivity contribution in [2.75, 3.05) is 6.61 Å². The van der Waals surface area contributed by atoms with E-state index in [0.717, 1.165) is 0 Å². The van der Waals surface area contributed by atoms with Crippen LogP contribution in [0.1, 0.15) is 6.92 Å². The van der Waals surface area contributed by atoms with E-state index in [1.165, 1.54) is 0 Å². The third kappa shape index (κ3) is 1.50. The van der Waals surface area contributed by atoms with Gasteiger partial charge in [-0.25, -0.2) is 4.79 Å². The van der Waals surface area contributed by atoms with Crippen LogP contribution in [0, 0.1) is 0 Å². The zero-order chi connectivity index (χ0) is 10.3. The highest BCUT2D eigenvalue weighted by molar-refractivity contribution is 5.76. The van der Waals surface area contributed by atoms with Crippen molar-refractivity contribution in [2.24, 2.45) is 0 Å². The Morgan fingerprint density at radius 2 is 2.14 bits per heavy atom. The van der Waals surface area contributed by atoms with Gasteiger partial charge in [0.1, 0.15) is 12.2 Å². The van der Waals surface area contributed by atoms with Gasteiger partial charge in [-0.2, -0.15) is 0 Å². The van der Waals surface area contributed by atoms with Crippen molar-refractivity contribution >= 4 is 5.97 Å². The number of aliphatic hydroxyl groups excluding tert-OH is 2. The van der Waals surface area contributed by atoms with E-state index in [1.54, 1.807) is 6.92 Å². The first-order chi connectivity index (χ1) is 6.59. The topological polar surface area (TPSA) is 85.2 Å². The molecule has 0 saturated carbocycles. The van der Waals surface area contributed by atoms with Crippen LogP contribution in [-0.4, -0.2) is 53.5 Å². The van der Waals surface area contributed by atoms with E-state index in [9.17, 15) is 15.0 Å². The number of fused-ring (bicyclic) bond motifs is 1. The SMILES string of the molecule is CC1OC[C@H]2OC(=O)[C@H](O)[C@@H](O)[C@@H]2O1. The predicted octanol–water partition coefficient (Wildman–Crippen LogP) is -1.61. The summed E-state index contributed by atoms with van der Waals surface area (Å²) < 4.78 is 15.1. The van der Waals surface area contributed by atoms with Gasteiger partial charge in [-0.15, -0.1) is 0 Å². The third-order valence-electron chi connectivity index (χ3n) is 2.38. The molecular weight excluding hydrogens is 192 g/mol. The van der Waals surface area contributed by atoms with Crippen molar-refractivity contribution in [1.82, 2.24) is 0 Å². The van der Waals surface area contributed by atoms with Gasteiger partial charge in [0.05, 0.1) is 6.61 Å². The fourth-order valence-electron chi connectivity index (χ4n) is 1.61. The Morgan fingerprint density at radius 3 is 2.86 bits per heavy atom. The van der Waals surface area contributed by atoms with Gasteiger partial charge < -0.3 is 24.4 Å². The lowest BCUT2D eigenvalue weighted by Crippen LogP contribution is -2.61. The smallest absolute Gasteiger partial charge is 0.338 e. The molecule has 0 aromatic heterocycles. The summed E-state index contributed by atoms with van der Waals surface area (Å²) in [5.74, 6) is -0.833. The maximum absolute atomic E-state index is 11.0. The summed E-state index contributed by atoms with van der Waals surface area (Å²) in [5, 5.41) is 18.8. The van der Waals surface area contributed by atoms with Gasteiger partial charge >= 0.3 is 5.97 Å². The minimum absolute atomic E-state index is 0.182. The standard InChI is InChI=1S/C8H12O6/c1-3-12-2-4-7(13-3)5(9)6(10)8(11)14-4/h3-7,9-10H,2H2,1H3/t3?,4-,5-,6-,7-/m1/s1. The molecule has 0 amide bonds. The maximum Gasteiger partial charge on any atom is 0.338 e. The number of carbonyl (C=O) groups is 1. The lowest BCUT2D eigenvalue weighted by atomic mass is 9.99. The summed E-state index contributed by atoms with van der Waals surface area (Å²) >= 11 is 0. The van der Waals surface area contributed by atoms with Gasteiger partial charge in [0.15, 0.2) is 18.5 Å². The number of esters is 1. The van der Waals surface area contributed by atoms with Crippen LogP contribution in [0.25, 0.3) is 0 Å². The zero-order valence-electron chi connectivity index (χ0n) is 7.62. The molecule has 6 nitrogen and oxygen atoms in total. The molecule has 1 unspecified atom stereocenters. The molecule has 2 saturated heterocycles. The predicted molar refractivity (Wildman–Crippen MR) is 42.2 cm³/mol. The second kappa shape index (κ2) is 3.47. The molecule has 5 atom stereocenters. The maximum atomic E-state index is 11.0. The number of aliphatic hydroxyl groups is 2. The van der Waals surface area contributed by atoms with E-state index >= 15 is 0 Å². The Bertz CT molecular complexity index is 240. The second-order valence-corrected chi connectivity index (χ2v) is 3.41. The number of rotatable bonds is 0. The molecule has 2 rings (SSSR count). The highest BCUT2D eigenvalue weighted by Crippen LogP contribution is 2.25. The molecule has 80 valence electrons. The first-order valence-corrected chi connectivity index (χ1v) is 4.43. The number of hydrogen-bond acceptors (Lipinski definition) is 6. The van der Waals surface area contributed by atoms with Crippen molar-refractivity contribution < 1.29 is 29.2 Å². The molecule has 0 aromatic carbocycles. The van der Waals surface area contributed by atoms with Crippen LogP contribution < -0.4 is 0 Å². The van der Waals surface area contributed by atoms with Crippen LogP contribution in [0.3, 0.4) is 0 Å². The molecule has 14 heavy (non-hydrogen) atoms. The van der Waals surface area contributed by atoms with Gasteiger partial charge in [-0.3, -0.25) is 0 Å². The van der Waals surface area contributed by atoms with Gasteiger partial charge in [0.2, 0.25) is 0 Å². The minimum Gasteiger partial charge on any atom is -0.455 e. The Labute approximate surface area is 80.4 Å². The summed E-state index contributed by atoms with van der Waals surface area (Å²) in [4.78, 5) is 11.0. The number of ether oxygens (including phenoxy) is 3. The second-order valence-electron chi connectivity index (χ2n) is 3.41. The largest absolute Gasteiger partial charge is 0.455 e. The van der Waals surface area contributed by atoms with Crippen LogP contribution in [-0.2, 0) is 19.0 Å². The highest BCUT2D eigenvalue weighted by atomic mass is 16.7. The van der Waals surface area contributed by atoms with Crippen LogP contribution in [0.5, 0.6) is 0 Å². The van der Waals surface area contributed by atoms with Gasteiger partial charge in [0.25, 0.3) is 0 Å². The number of carbonyl (C=O) groups excluding carboxylic acids is 1. The molecule has 2 heterocycles. The fourth-order valence-corrected chi connectivity index (χ4v) is 1.61. The van der Waals surface area contributed by atoms with Crippen LogP contribution in [0.4, 0.5) is 0 Å². The number of hydrogen-bond donors (Lipinski definition) is 2. The molecule has 2 N–H and O–H groups in total. The van der Waals surface area contributed by atoms with E-state index in [0.29, 0.717) is 0 Å². The van der Waals surface area contributed by atoms with Crippen molar-refractivity contribution in [1.29, 1.82) is 0 Å². The molecule has 0 spiro atoms. The minimum atomic E-state index is -1.53. The molecule has 2 fully saturated rings. The van der Waals surface area contributed by atoms with E-state index in [1.807, 2.05) is 0 Å². The molecule has 0 bridgehead atoms. The van der Waals surface area contributed by atoms with E-state index < -0.39 is 36.7 Å². The summed E-state index contributed by atoms with van der Waals surface area (Å²) in [6.45, 7) is 1.85. The monoisotopic (exact) mass is 204 g/mol. The zero-order valence-corrected chi connectivity index (χ0v) is 7.62. The summed E-state index contributed by atoms with van der Waals surface area (Å²) in [5.41, 5.74) is 0. The summed E-state index contributed by atoms with van der Waals surface area (Å²) in [7, 11) is 0. The highest BCUT2D eigenvalue weighted by Gasteiger charge is 2.48. The summed E-state index contributed by atoms with van der Waals surface area (Å²) in [6.07, 6.45) is -4.56. The Balaban J connectivity index is 2.12. The Hall–Kier alpha value is -0.690. The first-order valence-electron chi connectivity index (χ1n) is 4.43. The lowest BCUT2D eigenvalue weighted by Gasteiger charge is -2.41. The Kier molecular flexibility index (Phi) is 2.44. The average Bonchev–Trinajstić information content (AvgIpc) is 2.16. The van der Waals surface area contributed by atoms with Crippen LogP contribution >= 0.6 is 0 Å². The molecular formula is C8H12O6. The fraction of sp³-hybridized carbons (Fsp3) is 0.875. The quantitative estimate of drug-likeness (QED) is 0.462. The average molecular weight is 204 g/mol. The first kappa shape index (κ1) is 9.85. The lowest BCUT2D eigenvalue weighted by molar-refractivity contribution is -0.293.